The number of benzene rings is 2. The van der Waals surface area contributed by atoms with Crippen LogP contribution in [0.4, 0.5) is 0 Å². The van der Waals surface area contributed by atoms with E-state index in [0.717, 1.165) is 27.9 Å². The molecule has 1 heterocycles. The summed E-state index contributed by atoms with van der Waals surface area (Å²) in [6.07, 6.45) is 6.31. The first-order valence-electron chi connectivity index (χ1n) is 9.54. The van der Waals surface area contributed by atoms with Crippen LogP contribution in [0, 0.1) is 0 Å². The highest BCUT2D eigenvalue weighted by molar-refractivity contribution is 5.78. The number of hydrogen-bond acceptors (Lipinski definition) is 3. The molecule has 0 amide bonds. The minimum absolute atomic E-state index is 0.0956. The topological polar surface area (TPSA) is 42.4 Å². The molecular weight excluding hydrogens is 322 g/mol. The largest absolute Gasteiger partial charge is 0.487 e. The fourth-order valence-corrected chi connectivity index (χ4v) is 3.95. The number of aromatic nitrogens is 1. The minimum atomic E-state index is 0.0956. The van der Waals surface area contributed by atoms with Crippen LogP contribution < -0.4 is 4.74 Å². The van der Waals surface area contributed by atoms with Crippen LogP contribution >= 0.6 is 0 Å². The molecule has 1 fully saturated rings. The number of fused-ring (bicyclic) bond motifs is 1. The third kappa shape index (κ3) is 3.73. The summed E-state index contributed by atoms with van der Waals surface area (Å²) in [5.41, 5.74) is 4.21. The van der Waals surface area contributed by atoms with E-state index in [1.807, 2.05) is 36.4 Å². The number of hydrogen-bond donors (Lipinski definition) is 1. The second kappa shape index (κ2) is 7.88. The van der Waals surface area contributed by atoms with Crippen LogP contribution in [0.3, 0.4) is 0 Å². The van der Waals surface area contributed by atoms with Gasteiger partial charge in [-0.25, -0.2) is 4.98 Å². The third-order valence-corrected chi connectivity index (χ3v) is 5.38. The first kappa shape index (κ1) is 17.0. The zero-order valence-electron chi connectivity index (χ0n) is 15.0. The Kier molecular flexibility index (Phi) is 5.16. The van der Waals surface area contributed by atoms with Gasteiger partial charge in [0.1, 0.15) is 12.4 Å². The molecule has 2 aromatic carbocycles. The van der Waals surface area contributed by atoms with Gasteiger partial charge in [-0.15, -0.1) is 0 Å². The highest BCUT2D eigenvalue weighted by Crippen LogP contribution is 2.36. The van der Waals surface area contributed by atoms with Gasteiger partial charge in [-0.1, -0.05) is 49.6 Å². The Morgan fingerprint density at radius 3 is 2.65 bits per heavy atom. The highest BCUT2D eigenvalue weighted by Gasteiger charge is 2.19. The van der Waals surface area contributed by atoms with Gasteiger partial charge in [0.2, 0.25) is 0 Å². The van der Waals surface area contributed by atoms with Crippen molar-refractivity contribution in [2.24, 2.45) is 0 Å². The molecule has 0 spiro atoms. The summed E-state index contributed by atoms with van der Waals surface area (Å²) in [7, 11) is 0. The number of pyridine rings is 1. The summed E-state index contributed by atoms with van der Waals surface area (Å²) in [5.74, 6) is 1.41. The van der Waals surface area contributed by atoms with Gasteiger partial charge in [-0.05, 0) is 54.2 Å². The summed E-state index contributed by atoms with van der Waals surface area (Å²) in [6, 6.07) is 18.3. The van der Waals surface area contributed by atoms with Crippen molar-refractivity contribution in [1.29, 1.82) is 0 Å². The van der Waals surface area contributed by atoms with Gasteiger partial charge in [0.15, 0.2) is 0 Å². The van der Waals surface area contributed by atoms with Gasteiger partial charge in [0, 0.05) is 5.39 Å². The average molecular weight is 347 g/mol. The van der Waals surface area contributed by atoms with Crippen LogP contribution in [0.2, 0.25) is 0 Å². The molecule has 134 valence electrons. The summed E-state index contributed by atoms with van der Waals surface area (Å²) in [6.45, 7) is 0.547. The molecule has 1 aromatic heterocycles. The van der Waals surface area contributed by atoms with E-state index in [9.17, 15) is 5.11 Å². The fourth-order valence-electron chi connectivity index (χ4n) is 3.95. The molecule has 3 heteroatoms. The van der Waals surface area contributed by atoms with E-state index in [0.29, 0.717) is 12.5 Å². The molecule has 0 atom stereocenters. The van der Waals surface area contributed by atoms with Crippen molar-refractivity contribution in [2.75, 3.05) is 0 Å². The number of nitrogens with zero attached hydrogens (tertiary/aromatic N) is 1. The molecule has 0 unspecified atom stereocenters. The van der Waals surface area contributed by atoms with Gasteiger partial charge >= 0.3 is 0 Å². The number of para-hydroxylation sites is 1. The fraction of sp³-hybridized carbons (Fsp3) is 0.348. The second-order valence-corrected chi connectivity index (χ2v) is 7.14. The van der Waals surface area contributed by atoms with Crippen LogP contribution in [0.25, 0.3) is 10.9 Å². The van der Waals surface area contributed by atoms with Crippen LogP contribution in [-0.2, 0) is 13.2 Å². The molecule has 1 N–H and O–H groups in total. The Morgan fingerprint density at radius 1 is 0.962 bits per heavy atom. The van der Waals surface area contributed by atoms with E-state index in [1.54, 1.807) is 0 Å². The maximum atomic E-state index is 9.70. The van der Waals surface area contributed by atoms with Crippen LogP contribution in [0.1, 0.15) is 54.8 Å². The Hall–Kier alpha value is -2.39. The first-order chi connectivity index (χ1) is 12.8. The molecule has 3 aromatic rings. The molecule has 3 nitrogen and oxygen atoms in total. The molecule has 0 bridgehead atoms. The van der Waals surface area contributed by atoms with E-state index < -0.39 is 0 Å². The van der Waals surface area contributed by atoms with Gasteiger partial charge in [0.05, 0.1) is 17.8 Å². The minimum Gasteiger partial charge on any atom is -0.487 e. The number of rotatable bonds is 5. The van der Waals surface area contributed by atoms with Crippen molar-refractivity contribution < 1.29 is 9.84 Å². The van der Waals surface area contributed by atoms with E-state index >= 15 is 0 Å². The number of aliphatic hydroxyl groups excluding tert-OH is 1. The lowest BCUT2D eigenvalue weighted by molar-refractivity contribution is 0.276. The van der Waals surface area contributed by atoms with Gasteiger partial charge in [0.25, 0.3) is 0 Å². The summed E-state index contributed by atoms with van der Waals surface area (Å²) in [5, 5.41) is 10.8. The molecule has 4 rings (SSSR count). The lowest BCUT2D eigenvalue weighted by atomic mass is 9.82. The molecular formula is C23H25NO2. The molecule has 0 aliphatic heterocycles. The lowest BCUT2D eigenvalue weighted by Gasteiger charge is -2.24. The maximum Gasteiger partial charge on any atom is 0.130 e. The van der Waals surface area contributed by atoms with Gasteiger partial charge in [-0.2, -0.15) is 0 Å². The van der Waals surface area contributed by atoms with Crippen LogP contribution in [0.5, 0.6) is 5.75 Å². The zero-order chi connectivity index (χ0) is 17.8. The quantitative estimate of drug-likeness (QED) is 0.676. The number of aliphatic hydroxyl groups is 1. The van der Waals surface area contributed by atoms with Gasteiger partial charge in [-0.3, -0.25) is 0 Å². The van der Waals surface area contributed by atoms with Crippen molar-refractivity contribution in [3.05, 3.63) is 71.4 Å². The molecule has 0 radical (unpaired) electrons. The summed E-state index contributed by atoms with van der Waals surface area (Å²) < 4.78 is 6.03. The van der Waals surface area contributed by atoms with Gasteiger partial charge < -0.3 is 9.84 Å². The normalized spacial score (nSPS) is 15.3. The smallest absolute Gasteiger partial charge is 0.130 e. The lowest BCUT2D eigenvalue weighted by Crippen LogP contribution is -2.08. The molecule has 1 aliphatic carbocycles. The Morgan fingerprint density at radius 2 is 1.81 bits per heavy atom. The average Bonchev–Trinajstić information content (AvgIpc) is 2.72. The standard InChI is InChI=1S/C23H25NO2/c25-15-19-11-13-21(14-22(19)17-6-2-1-3-7-17)26-16-20-12-10-18-8-4-5-9-23(18)24-20/h4-5,8-14,17,25H,1-3,6-7,15-16H2. The van der Waals surface area contributed by atoms with E-state index in [-0.39, 0.29) is 6.61 Å². The molecule has 1 aliphatic rings. The second-order valence-electron chi connectivity index (χ2n) is 7.14. The third-order valence-electron chi connectivity index (χ3n) is 5.38. The monoisotopic (exact) mass is 347 g/mol. The van der Waals surface area contributed by atoms with Crippen molar-refractivity contribution in [3.63, 3.8) is 0 Å². The SMILES string of the molecule is OCc1ccc(OCc2ccc3ccccc3n2)cc1C1CCCCC1. The Balaban J connectivity index is 1.51. The zero-order valence-corrected chi connectivity index (χ0v) is 15.0. The number of ether oxygens (including phenoxy) is 1. The van der Waals surface area contributed by atoms with E-state index in [4.69, 9.17) is 4.74 Å². The Bertz CT molecular complexity index is 884. The maximum absolute atomic E-state index is 9.70. The highest BCUT2D eigenvalue weighted by atomic mass is 16.5. The van der Waals surface area contributed by atoms with Crippen molar-refractivity contribution in [3.8, 4) is 5.75 Å². The van der Waals surface area contributed by atoms with E-state index in [2.05, 4.69) is 23.2 Å². The van der Waals surface area contributed by atoms with Crippen LogP contribution in [0.15, 0.2) is 54.6 Å². The first-order valence-corrected chi connectivity index (χ1v) is 9.54. The predicted octanol–water partition coefficient (Wildman–Crippen LogP) is 5.35. The summed E-state index contributed by atoms with van der Waals surface area (Å²) in [4.78, 5) is 4.67. The molecule has 26 heavy (non-hydrogen) atoms. The summed E-state index contributed by atoms with van der Waals surface area (Å²) >= 11 is 0. The van der Waals surface area contributed by atoms with Crippen LogP contribution in [-0.4, -0.2) is 10.1 Å². The van der Waals surface area contributed by atoms with Crippen molar-refractivity contribution in [2.45, 2.75) is 51.2 Å². The molecule has 1 saturated carbocycles. The predicted molar refractivity (Wildman–Crippen MR) is 104 cm³/mol. The molecule has 0 saturated heterocycles. The Labute approximate surface area is 154 Å². The van der Waals surface area contributed by atoms with E-state index in [1.165, 1.54) is 37.7 Å². The van der Waals surface area contributed by atoms with Crippen molar-refractivity contribution >= 4 is 10.9 Å². The van der Waals surface area contributed by atoms with Crippen molar-refractivity contribution in [1.82, 2.24) is 4.98 Å².